The summed E-state index contributed by atoms with van der Waals surface area (Å²) in [4.78, 5) is 14.6. The molecule has 1 aliphatic rings. The standard InChI is InChI=1S/C25H34N2O2/c1-25(2,3)22-9-11-23(12-10-22)29-19-24(28)26-17-20-13-15-27(16-14-20)18-21-7-5-4-6-8-21/h4-12,20H,13-19H2,1-3H3,(H,26,28). The number of carbonyl (C=O) groups excluding carboxylic acids is 1. The van der Waals surface area contributed by atoms with E-state index in [2.05, 4.69) is 73.5 Å². The third-order valence-corrected chi connectivity index (χ3v) is 5.63. The summed E-state index contributed by atoms with van der Waals surface area (Å²) in [5, 5.41) is 3.04. The maximum atomic E-state index is 12.1. The fourth-order valence-electron chi connectivity index (χ4n) is 3.70. The lowest BCUT2D eigenvalue weighted by Crippen LogP contribution is -2.39. The Bertz CT molecular complexity index is 758. The Balaban J connectivity index is 1.33. The molecular formula is C25H34N2O2. The maximum absolute atomic E-state index is 12.1. The molecule has 1 N–H and O–H groups in total. The van der Waals surface area contributed by atoms with Crippen LogP contribution < -0.4 is 10.1 Å². The third kappa shape index (κ3) is 6.90. The lowest BCUT2D eigenvalue weighted by atomic mass is 9.87. The van der Waals surface area contributed by atoms with Crippen molar-refractivity contribution in [3.63, 3.8) is 0 Å². The monoisotopic (exact) mass is 394 g/mol. The summed E-state index contributed by atoms with van der Waals surface area (Å²) < 4.78 is 5.64. The van der Waals surface area contributed by atoms with E-state index in [0.29, 0.717) is 5.92 Å². The fraction of sp³-hybridized carbons (Fsp3) is 0.480. The van der Waals surface area contributed by atoms with Crippen LogP contribution in [0.4, 0.5) is 0 Å². The minimum Gasteiger partial charge on any atom is -0.484 e. The van der Waals surface area contributed by atoms with Crippen molar-refractivity contribution in [1.82, 2.24) is 10.2 Å². The highest BCUT2D eigenvalue weighted by molar-refractivity contribution is 5.77. The molecule has 1 saturated heterocycles. The summed E-state index contributed by atoms with van der Waals surface area (Å²) in [6, 6.07) is 18.6. The van der Waals surface area contributed by atoms with Crippen molar-refractivity contribution in [3.8, 4) is 5.75 Å². The van der Waals surface area contributed by atoms with E-state index < -0.39 is 0 Å². The minimum absolute atomic E-state index is 0.0448. The quantitative estimate of drug-likeness (QED) is 0.757. The highest BCUT2D eigenvalue weighted by Crippen LogP contribution is 2.24. The number of nitrogens with one attached hydrogen (secondary N) is 1. The average Bonchev–Trinajstić information content (AvgIpc) is 2.72. The zero-order valence-electron chi connectivity index (χ0n) is 18.0. The van der Waals surface area contributed by atoms with Crippen molar-refractivity contribution in [2.75, 3.05) is 26.2 Å². The van der Waals surface area contributed by atoms with Crippen molar-refractivity contribution < 1.29 is 9.53 Å². The molecule has 0 spiro atoms. The predicted octanol–water partition coefficient (Wildman–Crippen LogP) is 4.39. The Kier molecular flexibility index (Phi) is 7.32. The fourth-order valence-corrected chi connectivity index (χ4v) is 3.70. The van der Waals surface area contributed by atoms with E-state index >= 15 is 0 Å². The number of piperidine rings is 1. The highest BCUT2D eigenvalue weighted by atomic mass is 16.5. The third-order valence-electron chi connectivity index (χ3n) is 5.63. The van der Waals surface area contributed by atoms with E-state index in [4.69, 9.17) is 4.74 Å². The molecule has 0 radical (unpaired) electrons. The normalized spacial score (nSPS) is 15.8. The van der Waals surface area contributed by atoms with Gasteiger partial charge in [0.1, 0.15) is 5.75 Å². The van der Waals surface area contributed by atoms with Gasteiger partial charge in [0.25, 0.3) is 5.91 Å². The van der Waals surface area contributed by atoms with Gasteiger partial charge < -0.3 is 10.1 Å². The van der Waals surface area contributed by atoms with Gasteiger partial charge in [-0.3, -0.25) is 9.69 Å². The molecule has 1 fully saturated rings. The van der Waals surface area contributed by atoms with Crippen LogP contribution in [0.5, 0.6) is 5.75 Å². The topological polar surface area (TPSA) is 41.6 Å². The van der Waals surface area contributed by atoms with Crippen LogP contribution in [0.2, 0.25) is 0 Å². The first kappa shape index (κ1) is 21.4. The van der Waals surface area contributed by atoms with Gasteiger partial charge >= 0.3 is 0 Å². The van der Waals surface area contributed by atoms with Gasteiger partial charge in [-0.1, -0.05) is 63.2 Å². The molecule has 29 heavy (non-hydrogen) atoms. The first-order valence-corrected chi connectivity index (χ1v) is 10.7. The largest absolute Gasteiger partial charge is 0.484 e. The van der Waals surface area contributed by atoms with Crippen molar-refractivity contribution in [3.05, 3.63) is 65.7 Å². The Hall–Kier alpha value is -2.33. The van der Waals surface area contributed by atoms with Crippen molar-refractivity contribution in [2.24, 2.45) is 5.92 Å². The molecule has 3 rings (SSSR count). The number of hydrogen-bond donors (Lipinski definition) is 1. The van der Waals surface area contributed by atoms with Crippen LogP contribution in [0, 0.1) is 5.92 Å². The summed E-state index contributed by atoms with van der Waals surface area (Å²) in [6.45, 7) is 10.6. The Morgan fingerprint density at radius 2 is 1.69 bits per heavy atom. The number of carbonyl (C=O) groups is 1. The predicted molar refractivity (Wildman–Crippen MR) is 118 cm³/mol. The van der Waals surface area contributed by atoms with Crippen LogP contribution in [-0.4, -0.2) is 37.0 Å². The molecule has 0 aliphatic carbocycles. The van der Waals surface area contributed by atoms with Crippen LogP contribution in [0.25, 0.3) is 0 Å². The van der Waals surface area contributed by atoms with Gasteiger partial charge in [-0.2, -0.15) is 0 Å². The molecule has 4 nitrogen and oxygen atoms in total. The Morgan fingerprint density at radius 1 is 1.03 bits per heavy atom. The minimum atomic E-state index is -0.0448. The lowest BCUT2D eigenvalue weighted by Gasteiger charge is -2.32. The van der Waals surface area contributed by atoms with Gasteiger partial charge in [0.05, 0.1) is 0 Å². The lowest BCUT2D eigenvalue weighted by molar-refractivity contribution is -0.123. The first-order chi connectivity index (χ1) is 13.9. The molecule has 1 heterocycles. The molecule has 156 valence electrons. The summed E-state index contributed by atoms with van der Waals surface area (Å²) in [7, 11) is 0. The molecule has 0 unspecified atom stereocenters. The molecule has 1 amide bonds. The summed E-state index contributed by atoms with van der Waals surface area (Å²) in [5.74, 6) is 1.25. The second-order valence-electron chi connectivity index (χ2n) is 9.07. The number of ether oxygens (including phenoxy) is 1. The molecule has 0 atom stereocenters. The van der Waals surface area contributed by atoms with Crippen molar-refractivity contribution in [1.29, 1.82) is 0 Å². The number of benzene rings is 2. The van der Waals surface area contributed by atoms with E-state index in [1.165, 1.54) is 11.1 Å². The first-order valence-electron chi connectivity index (χ1n) is 10.7. The van der Waals surface area contributed by atoms with Gasteiger partial charge in [-0.15, -0.1) is 0 Å². The summed E-state index contributed by atoms with van der Waals surface area (Å²) in [5.41, 5.74) is 2.74. The van der Waals surface area contributed by atoms with Gasteiger partial charge in [0, 0.05) is 13.1 Å². The highest BCUT2D eigenvalue weighted by Gasteiger charge is 2.20. The Labute approximate surface area is 175 Å². The van der Waals surface area contributed by atoms with E-state index in [0.717, 1.165) is 44.8 Å². The molecule has 0 aromatic heterocycles. The molecule has 1 aliphatic heterocycles. The van der Waals surface area contributed by atoms with Crippen LogP contribution in [0.3, 0.4) is 0 Å². The smallest absolute Gasteiger partial charge is 0.257 e. The van der Waals surface area contributed by atoms with Gasteiger partial charge in [0.2, 0.25) is 0 Å². The van der Waals surface area contributed by atoms with Gasteiger partial charge in [-0.25, -0.2) is 0 Å². The van der Waals surface area contributed by atoms with E-state index in [1.54, 1.807) is 0 Å². The van der Waals surface area contributed by atoms with Crippen LogP contribution >= 0.6 is 0 Å². The van der Waals surface area contributed by atoms with E-state index in [1.807, 2.05) is 12.1 Å². The molecule has 0 bridgehead atoms. The zero-order chi connectivity index (χ0) is 20.7. The average molecular weight is 395 g/mol. The number of rotatable bonds is 7. The SMILES string of the molecule is CC(C)(C)c1ccc(OCC(=O)NCC2CCN(Cc3ccccc3)CC2)cc1. The second-order valence-corrected chi connectivity index (χ2v) is 9.07. The summed E-state index contributed by atoms with van der Waals surface area (Å²) >= 11 is 0. The Morgan fingerprint density at radius 3 is 2.31 bits per heavy atom. The van der Waals surface area contributed by atoms with E-state index in [-0.39, 0.29) is 17.9 Å². The maximum Gasteiger partial charge on any atom is 0.257 e. The molecule has 4 heteroatoms. The van der Waals surface area contributed by atoms with Crippen molar-refractivity contribution in [2.45, 2.75) is 45.6 Å². The zero-order valence-corrected chi connectivity index (χ0v) is 18.0. The molecule has 2 aromatic rings. The van der Waals surface area contributed by atoms with E-state index in [9.17, 15) is 4.79 Å². The number of hydrogen-bond acceptors (Lipinski definition) is 3. The molecular weight excluding hydrogens is 360 g/mol. The van der Waals surface area contributed by atoms with Crippen LogP contribution in [-0.2, 0) is 16.8 Å². The van der Waals surface area contributed by atoms with Crippen molar-refractivity contribution >= 4 is 5.91 Å². The molecule has 0 saturated carbocycles. The molecule has 2 aromatic carbocycles. The second kappa shape index (κ2) is 9.93. The number of amides is 1. The van der Waals surface area contributed by atoms with Gasteiger partial charge in [-0.05, 0) is 60.5 Å². The van der Waals surface area contributed by atoms with Gasteiger partial charge in [0.15, 0.2) is 6.61 Å². The summed E-state index contributed by atoms with van der Waals surface area (Å²) in [6.07, 6.45) is 2.25. The van der Waals surface area contributed by atoms with Crippen LogP contribution in [0.1, 0.15) is 44.7 Å². The number of likely N-dealkylation sites (tertiary alicyclic amines) is 1. The van der Waals surface area contributed by atoms with Crippen LogP contribution in [0.15, 0.2) is 54.6 Å². The number of nitrogens with zero attached hydrogens (tertiary/aromatic N) is 1.